The maximum atomic E-state index is 12.9. The lowest BCUT2D eigenvalue weighted by Gasteiger charge is -2.18. The predicted molar refractivity (Wildman–Crippen MR) is 325 cm³/mol. The zero-order chi connectivity index (χ0) is 54.3. The number of ether oxygens (including phenoxy) is 3. The van der Waals surface area contributed by atoms with Gasteiger partial charge in [-0.25, -0.2) is 0 Å². The van der Waals surface area contributed by atoms with Crippen molar-refractivity contribution < 1.29 is 28.6 Å². The lowest BCUT2D eigenvalue weighted by molar-refractivity contribution is -0.167. The molecule has 1 atom stereocenters. The number of unbranched alkanes of at least 4 members (excludes halogenated alkanes) is 36. The third kappa shape index (κ3) is 61.6. The largest absolute Gasteiger partial charge is 0.462 e. The Kier molecular flexibility index (Phi) is 60.7. The van der Waals surface area contributed by atoms with Gasteiger partial charge in [0.1, 0.15) is 13.2 Å². The molecule has 0 aliphatic heterocycles. The van der Waals surface area contributed by atoms with E-state index < -0.39 is 6.10 Å². The van der Waals surface area contributed by atoms with Gasteiger partial charge >= 0.3 is 17.9 Å². The summed E-state index contributed by atoms with van der Waals surface area (Å²) in [6.07, 6.45) is 82.1. The van der Waals surface area contributed by atoms with Crippen LogP contribution in [0.15, 0.2) is 72.9 Å². The zero-order valence-corrected chi connectivity index (χ0v) is 49.8. The van der Waals surface area contributed by atoms with Gasteiger partial charge in [0.15, 0.2) is 6.10 Å². The highest BCUT2D eigenvalue weighted by molar-refractivity contribution is 5.71. The van der Waals surface area contributed by atoms with E-state index in [9.17, 15) is 14.4 Å². The Hall–Kier alpha value is -3.15. The van der Waals surface area contributed by atoms with Gasteiger partial charge in [0.2, 0.25) is 0 Å². The minimum absolute atomic E-state index is 0.0780. The van der Waals surface area contributed by atoms with Crippen LogP contribution in [-0.2, 0) is 28.6 Å². The number of hydrogen-bond donors (Lipinski definition) is 0. The van der Waals surface area contributed by atoms with Gasteiger partial charge < -0.3 is 14.2 Å². The maximum Gasteiger partial charge on any atom is 0.306 e. The Bertz CT molecular complexity index is 1390. The lowest BCUT2D eigenvalue weighted by atomic mass is 10.0. The van der Waals surface area contributed by atoms with Crippen LogP contribution in [0.2, 0.25) is 0 Å². The molecule has 0 aromatic heterocycles. The molecule has 6 nitrogen and oxygen atoms in total. The van der Waals surface area contributed by atoms with E-state index in [0.717, 1.165) is 96.3 Å². The van der Waals surface area contributed by atoms with Crippen molar-refractivity contribution in [2.75, 3.05) is 13.2 Å². The van der Waals surface area contributed by atoms with Crippen molar-refractivity contribution in [2.45, 2.75) is 335 Å². The average Bonchev–Trinajstić information content (AvgIpc) is 3.41. The van der Waals surface area contributed by atoms with Crippen molar-refractivity contribution in [3.8, 4) is 0 Å². The van der Waals surface area contributed by atoms with Crippen molar-refractivity contribution in [3.05, 3.63) is 72.9 Å². The van der Waals surface area contributed by atoms with Gasteiger partial charge in [0.05, 0.1) is 0 Å². The smallest absolute Gasteiger partial charge is 0.306 e. The summed E-state index contributed by atoms with van der Waals surface area (Å²) in [6, 6.07) is 0. The third-order valence-corrected chi connectivity index (χ3v) is 14.2. The van der Waals surface area contributed by atoms with Crippen LogP contribution >= 0.6 is 0 Å². The second-order valence-corrected chi connectivity index (χ2v) is 21.7. The molecule has 6 heteroatoms. The Morgan fingerprint density at radius 1 is 0.267 bits per heavy atom. The van der Waals surface area contributed by atoms with E-state index in [0.29, 0.717) is 19.3 Å². The van der Waals surface area contributed by atoms with Crippen molar-refractivity contribution in [3.63, 3.8) is 0 Å². The predicted octanol–water partition coefficient (Wildman–Crippen LogP) is 22.1. The van der Waals surface area contributed by atoms with Gasteiger partial charge in [-0.15, -0.1) is 0 Å². The molecule has 0 aliphatic carbocycles. The summed E-state index contributed by atoms with van der Waals surface area (Å²) in [5, 5.41) is 0. The highest BCUT2D eigenvalue weighted by Gasteiger charge is 2.19. The van der Waals surface area contributed by atoms with E-state index in [1.165, 1.54) is 193 Å². The quantitative estimate of drug-likeness (QED) is 0.0261. The van der Waals surface area contributed by atoms with Crippen LogP contribution in [0.4, 0.5) is 0 Å². The van der Waals surface area contributed by atoms with Gasteiger partial charge in [-0.3, -0.25) is 14.4 Å². The molecule has 0 N–H and O–H groups in total. The van der Waals surface area contributed by atoms with Crippen LogP contribution in [0.3, 0.4) is 0 Å². The molecule has 434 valence electrons. The minimum Gasteiger partial charge on any atom is -0.462 e. The van der Waals surface area contributed by atoms with Crippen LogP contribution in [0.5, 0.6) is 0 Å². The van der Waals surface area contributed by atoms with E-state index in [4.69, 9.17) is 14.2 Å². The summed E-state index contributed by atoms with van der Waals surface area (Å²) in [7, 11) is 0. The molecule has 0 spiro atoms. The molecule has 0 fully saturated rings. The normalized spacial score (nSPS) is 12.5. The van der Waals surface area contributed by atoms with Gasteiger partial charge in [-0.1, -0.05) is 286 Å². The molecule has 0 aromatic rings. The fourth-order valence-electron chi connectivity index (χ4n) is 9.28. The second kappa shape index (κ2) is 63.4. The monoisotopic (exact) mass is 1050 g/mol. The average molecular weight is 1050 g/mol. The van der Waals surface area contributed by atoms with Crippen molar-refractivity contribution in [1.82, 2.24) is 0 Å². The number of hydrogen-bond acceptors (Lipinski definition) is 6. The first-order valence-electron chi connectivity index (χ1n) is 32.4. The first-order valence-corrected chi connectivity index (χ1v) is 32.4. The van der Waals surface area contributed by atoms with E-state index in [-0.39, 0.29) is 31.1 Å². The highest BCUT2D eigenvalue weighted by Crippen LogP contribution is 2.16. The molecule has 0 rings (SSSR count). The summed E-state index contributed by atoms with van der Waals surface area (Å²) in [6.45, 7) is 6.60. The van der Waals surface area contributed by atoms with Crippen molar-refractivity contribution in [2.24, 2.45) is 0 Å². The summed E-state index contributed by atoms with van der Waals surface area (Å²) < 4.78 is 16.9. The molecule has 0 saturated carbocycles. The number of allylic oxidation sites excluding steroid dienone is 12. The van der Waals surface area contributed by atoms with Gasteiger partial charge in [-0.2, -0.15) is 0 Å². The molecular weight excluding hydrogens is 925 g/mol. The molecule has 0 bridgehead atoms. The summed E-state index contributed by atoms with van der Waals surface area (Å²) >= 11 is 0. The Balaban J connectivity index is 4.17. The number of rotatable bonds is 59. The Morgan fingerprint density at radius 2 is 0.480 bits per heavy atom. The first-order chi connectivity index (χ1) is 37.0. The van der Waals surface area contributed by atoms with Crippen LogP contribution in [0.25, 0.3) is 0 Å². The number of carbonyl (C=O) groups excluding carboxylic acids is 3. The van der Waals surface area contributed by atoms with Crippen molar-refractivity contribution in [1.29, 1.82) is 0 Å². The van der Waals surface area contributed by atoms with E-state index >= 15 is 0 Å². The van der Waals surface area contributed by atoms with Crippen LogP contribution in [0.1, 0.15) is 329 Å². The fourth-order valence-corrected chi connectivity index (χ4v) is 9.28. The standard InChI is InChI=1S/C69H122O6/c1-4-7-10-13-16-19-21-23-25-27-29-30-31-32-33-34-35-36-37-38-40-41-43-45-47-50-53-56-59-62-68(71)74-65-66(64-73-67(70)61-58-55-52-49-18-15-12-9-6-3)75-69(72)63-60-57-54-51-48-46-44-42-39-28-26-24-22-20-17-14-11-8-5-2/h17,20-21,23-24,26-27,29,31-32,39,42,66H,4-16,18-19,22,25,28,30,33-38,40-41,43-65H2,1-3H3/b20-17-,23-21-,26-24-,29-27-,32-31-,42-39-. The molecule has 0 heterocycles. The summed E-state index contributed by atoms with van der Waals surface area (Å²) in [5.41, 5.74) is 0. The molecule has 0 radical (unpaired) electrons. The highest BCUT2D eigenvalue weighted by atomic mass is 16.6. The van der Waals surface area contributed by atoms with Gasteiger partial charge in [-0.05, 0) is 96.3 Å². The Morgan fingerprint density at radius 3 is 0.773 bits per heavy atom. The molecule has 0 saturated heterocycles. The summed E-state index contributed by atoms with van der Waals surface area (Å²) in [5.74, 6) is -0.881. The van der Waals surface area contributed by atoms with Gasteiger partial charge in [0.25, 0.3) is 0 Å². The second-order valence-electron chi connectivity index (χ2n) is 21.7. The SMILES string of the molecule is CCCCC/C=C\C/C=C\C/C=C\CCCCCCCCC(=O)OC(COC(=O)CCCCCCCCCCC)COC(=O)CCCCCCCCCCCCCCCC/C=C\C/C=C\C/C=C\CCCCCCC. The summed E-state index contributed by atoms with van der Waals surface area (Å²) in [4.78, 5) is 38.2. The number of esters is 3. The van der Waals surface area contributed by atoms with E-state index in [2.05, 4.69) is 93.7 Å². The molecule has 75 heavy (non-hydrogen) atoms. The van der Waals surface area contributed by atoms with E-state index in [1.54, 1.807) is 0 Å². The zero-order valence-electron chi connectivity index (χ0n) is 49.8. The molecule has 0 amide bonds. The van der Waals surface area contributed by atoms with Crippen LogP contribution < -0.4 is 0 Å². The maximum absolute atomic E-state index is 12.9. The molecular formula is C69H122O6. The topological polar surface area (TPSA) is 78.9 Å². The third-order valence-electron chi connectivity index (χ3n) is 14.2. The lowest BCUT2D eigenvalue weighted by Crippen LogP contribution is -2.30. The van der Waals surface area contributed by atoms with Crippen LogP contribution in [0, 0.1) is 0 Å². The van der Waals surface area contributed by atoms with Gasteiger partial charge in [0, 0.05) is 19.3 Å². The molecule has 0 aliphatic rings. The Labute approximate surface area is 465 Å². The number of carbonyl (C=O) groups is 3. The fraction of sp³-hybridized carbons (Fsp3) is 0.783. The molecule has 1 unspecified atom stereocenters. The first kappa shape index (κ1) is 71.8. The molecule has 0 aromatic carbocycles. The van der Waals surface area contributed by atoms with Crippen LogP contribution in [-0.4, -0.2) is 37.2 Å². The minimum atomic E-state index is -0.780. The van der Waals surface area contributed by atoms with E-state index in [1.807, 2.05) is 0 Å². The van der Waals surface area contributed by atoms with Crippen molar-refractivity contribution >= 4 is 17.9 Å².